The van der Waals surface area contributed by atoms with Crippen LogP contribution in [0.3, 0.4) is 0 Å². The van der Waals surface area contributed by atoms with Crippen molar-refractivity contribution in [2.45, 2.75) is 32.1 Å². The third kappa shape index (κ3) is 6.82. The second kappa shape index (κ2) is 11.5. The van der Waals surface area contributed by atoms with E-state index in [-0.39, 0.29) is 0 Å². The van der Waals surface area contributed by atoms with E-state index in [0.29, 0.717) is 33.2 Å². The number of aliphatic hydroxyl groups is 1. The van der Waals surface area contributed by atoms with Crippen LogP contribution in [-0.4, -0.2) is 29.9 Å². The lowest BCUT2D eigenvalue weighted by atomic mass is 9.97. The minimum Gasteiger partial charge on any atom is -0.493 e. The van der Waals surface area contributed by atoms with Gasteiger partial charge in [-0.1, -0.05) is 34.9 Å². The number of aryl methyl sites for hydroxylation is 1. The van der Waals surface area contributed by atoms with Crippen LogP contribution in [0.15, 0.2) is 42.0 Å². The molecular weight excluding hydrogens is 419 g/mol. The fourth-order valence-electron chi connectivity index (χ4n) is 3.22. The molecule has 2 N–H and O–H groups in total. The molecule has 1 aliphatic rings. The van der Waals surface area contributed by atoms with E-state index in [1.54, 1.807) is 24.3 Å². The Morgan fingerprint density at radius 3 is 2.54 bits per heavy atom. The molecule has 1 aromatic carbocycles. The van der Waals surface area contributed by atoms with Crippen LogP contribution in [-0.2, 0) is 6.42 Å². The Morgan fingerprint density at radius 2 is 1.89 bits per heavy atom. The maximum Gasteiger partial charge on any atom is 0.345 e. The van der Waals surface area contributed by atoms with Crippen molar-refractivity contribution in [2.24, 2.45) is 5.92 Å². The zero-order valence-corrected chi connectivity index (χ0v) is 18.0. The van der Waals surface area contributed by atoms with Gasteiger partial charge < -0.3 is 14.9 Å². The third-order valence-corrected chi connectivity index (χ3v) is 6.06. The van der Waals surface area contributed by atoms with Gasteiger partial charge in [-0.25, -0.2) is 4.79 Å². The Kier molecular flexibility index (Phi) is 9.32. The molecule has 0 bridgehead atoms. The van der Waals surface area contributed by atoms with Crippen molar-refractivity contribution >= 4 is 40.5 Å². The predicted molar refractivity (Wildman–Crippen MR) is 115 cm³/mol. The lowest BCUT2D eigenvalue weighted by molar-refractivity contribution is 0.0702. The van der Waals surface area contributed by atoms with E-state index >= 15 is 0 Å². The van der Waals surface area contributed by atoms with Gasteiger partial charge in [-0.2, -0.15) is 0 Å². The van der Waals surface area contributed by atoms with Crippen molar-refractivity contribution in [2.75, 3.05) is 13.7 Å². The van der Waals surface area contributed by atoms with Crippen molar-refractivity contribution in [3.05, 3.63) is 61.8 Å². The second-order valence-electron chi connectivity index (χ2n) is 6.39. The van der Waals surface area contributed by atoms with Crippen LogP contribution in [0.4, 0.5) is 0 Å². The van der Waals surface area contributed by atoms with E-state index in [9.17, 15) is 4.79 Å². The Labute approximate surface area is 179 Å². The fraction of sp³-hybridized carbons (Fsp3) is 0.381. The average molecular weight is 443 g/mol. The van der Waals surface area contributed by atoms with E-state index < -0.39 is 5.97 Å². The molecule has 1 heterocycles. The topological polar surface area (TPSA) is 66.8 Å². The highest BCUT2D eigenvalue weighted by Crippen LogP contribution is 2.32. The summed E-state index contributed by atoms with van der Waals surface area (Å²) in [6.45, 7) is 0.630. The molecular formula is C21H24Cl2O4S. The number of ether oxygens (including phenoxy) is 1. The first kappa shape index (κ1) is 22.8. The molecule has 152 valence electrons. The minimum atomic E-state index is -0.849. The molecule has 3 rings (SSSR count). The predicted octanol–water partition coefficient (Wildman–Crippen LogP) is 6.10. The zero-order chi connectivity index (χ0) is 20.5. The summed E-state index contributed by atoms with van der Waals surface area (Å²) in [4.78, 5) is 12.5. The largest absolute Gasteiger partial charge is 0.493 e. The number of benzene rings is 1. The number of aromatic carboxylic acids is 1. The van der Waals surface area contributed by atoms with Gasteiger partial charge >= 0.3 is 5.97 Å². The smallest absolute Gasteiger partial charge is 0.345 e. The summed E-state index contributed by atoms with van der Waals surface area (Å²) in [5, 5.41) is 17.1. The molecule has 0 amide bonds. The van der Waals surface area contributed by atoms with Gasteiger partial charge in [0.05, 0.1) is 6.61 Å². The number of carboxylic acids is 1. The minimum absolute atomic E-state index is 0.409. The number of aliphatic hydroxyl groups excluding tert-OH is 1. The standard InChI is InChI=1S/C20H20Cl2O3S.CH4O/c21-15-9-16(22)11-17(10-15)25-12-14-5-1-3-13(14)4-2-6-18-7-8-19(26-18)20(23)24;1-2/h3,7-11,14H,1-2,4-6,12H2,(H,23,24);2H,1H3/t14-;/m1./s1. The molecule has 1 aliphatic carbocycles. The van der Waals surface area contributed by atoms with Crippen molar-refractivity contribution in [3.8, 4) is 5.75 Å². The van der Waals surface area contributed by atoms with Crippen molar-refractivity contribution in [1.29, 1.82) is 0 Å². The molecule has 0 aliphatic heterocycles. The number of carbonyl (C=O) groups is 1. The first-order chi connectivity index (χ1) is 13.5. The van der Waals surface area contributed by atoms with Gasteiger partial charge in [0.1, 0.15) is 10.6 Å². The number of hydrogen-bond donors (Lipinski definition) is 2. The first-order valence-corrected chi connectivity index (χ1v) is 10.6. The normalized spacial score (nSPS) is 15.6. The van der Waals surface area contributed by atoms with Crippen LogP contribution in [0, 0.1) is 5.92 Å². The second-order valence-corrected chi connectivity index (χ2v) is 8.44. The highest BCUT2D eigenvalue weighted by atomic mass is 35.5. The van der Waals surface area contributed by atoms with E-state index in [1.807, 2.05) is 6.07 Å². The van der Waals surface area contributed by atoms with E-state index in [0.717, 1.165) is 44.1 Å². The van der Waals surface area contributed by atoms with E-state index in [1.165, 1.54) is 16.9 Å². The maximum atomic E-state index is 10.9. The van der Waals surface area contributed by atoms with Gasteiger partial charge in [-0.3, -0.25) is 0 Å². The molecule has 0 saturated carbocycles. The molecule has 2 aromatic rings. The van der Waals surface area contributed by atoms with Gasteiger partial charge in [0.25, 0.3) is 0 Å². The van der Waals surface area contributed by atoms with Crippen LogP contribution < -0.4 is 4.74 Å². The van der Waals surface area contributed by atoms with Crippen LogP contribution in [0.2, 0.25) is 10.0 Å². The molecule has 7 heteroatoms. The maximum absolute atomic E-state index is 10.9. The fourth-order valence-corrected chi connectivity index (χ4v) is 4.62. The van der Waals surface area contributed by atoms with Crippen LogP contribution in [0.25, 0.3) is 0 Å². The Balaban J connectivity index is 0.00000136. The van der Waals surface area contributed by atoms with Gasteiger partial charge in [0, 0.05) is 28.0 Å². The van der Waals surface area contributed by atoms with Crippen LogP contribution in [0.1, 0.15) is 40.2 Å². The van der Waals surface area contributed by atoms with Crippen LogP contribution in [0.5, 0.6) is 5.75 Å². The number of hydrogen-bond acceptors (Lipinski definition) is 4. The molecule has 0 saturated heterocycles. The molecule has 0 spiro atoms. The highest BCUT2D eigenvalue weighted by Gasteiger charge is 2.20. The first-order valence-electron chi connectivity index (χ1n) is 9.06. The number of thiophene rings is 1. The summed E-state index contributed by atoms with van der Waals surface area (Å²) in [5.41, 5.74) is 1.44. The Hall–Kier alpha value is -1.53. The van der Waals surface area contributed by atoms with Crippen molar-refractivity contribution in [3.63, 3.8) is 0 Å². The molecule has 1 atom stereocenters. The summed E-state index contributed by atoms with van der Waals surface area (Å²) in [6, 6.07) is 8.85. The number of allylic oxidation sites excluding steroid dienone is 1. The summed E-state index contributed by atoms with van der Waals surface area (Å²) in [7, 11) is 1.00. The highest BCUT2D eigenvalue weighted by molar-refractivity contribution is 7.13. The molecule has 4 nitrogen and oxygen atoms in total. The van der Waals surface area contributed by atoms with E-state index in [2.05, 4.69) is 6.08 Å². The molecule has 0 fully saturated rings. The SMILES string of the molecule is CO.O=C(O)c1ccc(CCCC2=CCC[C@@H]2COc2cc(Cl)cc(Cl)c2)s1. The van der Waals surface area contributed by atoms with Gasteiger partial charge in [-0.05, 0) is 62.4 Å². The number of carboxylic acid groups (broad SMARTS) is 1. The van der Waals surface area contributed by atoms with Crippen LogP contribution >= 0.6 is 34.5 Å². The molecule has 0 unspecified atom stereocenters. The van der Waals surface area contributed by atoms with Gasteiger partial charge in [0.15, 0.2) is 0 Å². The molecule has 0 radical (unpaired) electrons. The van der Waals surface area contributed by atoms with E-state index in [4.69, 9.17) is 38.2 Å². The van der Waals surface area contributed by atoms with Gasteiger partial charge in [0.2, 0.25) is 0 Å². The van der Waals surface area contributed by atoms with Crippen molar-refractivity contribution in [1.82, 2.24) is 0 Å². The monoisotopic (exact) mass is 442 g/mol. The zero-order valence-electron chi connectivity index (χ0n) is 15.7. The average Bonchev–Trinajstić information content (AvgIpc) is 3.30. The Bertz CT molecular complexity index is 796. The van der Waals surface area contributed by atoms with Crippen molar-refractivity contribution < 1.29 is 19.7 Å². The lowest BCUT2D eigenvalue weighted by Crippen LogP contribution is -2.12. The number of halogens is 2. The number of rotatable bonds is 8. The third-order valence-electron chi connectivity index (χ3n) is 4.49. The lowest BCUT2D eigenvalue weighted by Gasteiger charge is -2.16. The summed E-state index contributed by atoms with van der Waals surface area (Å²) in [5.74, 6) is 0.275. The molecule has 1 aromatic heterocycles. The quantitative estimate of drug-likeness (QED) is 0.484. The summed E-state index contributed by atoms with van der Waals surface area (Å²) >= 11 is 13.4. The molecule has 28 heavy (non-hydrogen) atoms. The summed E-state index contributed by atoms with van der Waals surface area (Å²) < 4.78 is 5.90. The summed E-state index contributed by atoms with van der Waals surface area (Å²) in [6.07, 6.45) is 7.45. The Morgan fingerprint density at radius 1 is 1.18 bits per heavy atom. The van der Waals surface area contributed by atoms with Gasteiger partial charge in [-0.15, -0.1) is 11.3 Å².